The highest BCUT2D eigenvalue weighted by Crippen LogP contribution is 2.13. The molecule has 2 heterocycles. The normalized spacial score (nSPS) is 10.7. The molecule has 90 valence electrons. The van der Waals surface area contributed by atoms with Gasteiger partial charge in [0.2, 0.25) is 0 Å². The summed E-state index contributed by atoms with van der Waals surface area (Å²) in [5.41, 5.74) is 7.18. The average molecular weight is 235 g/mol. The fraction of sp³-hybridized carbons (Fsp3) is 0.300. The van der Waals surface area contributed by atoms with E-state index in [-0.39, 0.29) is 12.2 Å². The number of anilines is 1. The third-order valence-corrected chi connectivity index (χ3v) is 2.25. The van der Waals surface area contributed by atoms with E-state index in [4.69, 9.17) is 10.8 Å². The molecule has 0 unspecified atom stereocenters. The van der Waals surface area contributed by atoms with Gasteiger partial charge < -0.3 is 10.8 Å². The van der Waals surface area contributed by atoms with Crippen molar-refractivity contribution in [2.45, 2.75) is 13.3 Å². The van der Waals surface area contributed by atoms with Crippen molar-refractivity contribution in [1.82, 2.24) is 20.0 Å². The largest absolute Gasteiger partial charge is 0.389 e. The van der Waals surface area contributed by atoms with E-state index in [1.54, 1.807) is 12.1 Å². The molecule has 7 nitrogen and oxygen atoms in total. The van der Waals surface area contributed by atoms with E-state index in [0.717, 1.165) is 5.69 Å². The summed E-state index contributed by atoms with van der Waals surface area (Å²) in [6, 6.07) is 3.39. The maximum Gasteiger partial charge on any atom is 0.177 e. The Labute approximate surface area is 97.2 Å². The smallest absolute Gasteiger partial charge is 0.177 e. The van der Waals surface area contributed by atoms with Crippen LogP contribution in [0.3, 0.4) is 0 Å². The van der Waals surface area contributed by atoms with Crippen LogP contribution in [0.1, 0.15) is 11.4 Å². The lowest BCUT2D eigenvalue weighted by Gasteiger charge is -1.97. The minimum atomic E-state index is -0.492. The number of H-pyrrole nitrogens is 1. The van der Waals surface area contributed by atoms with Gasteiger partial charge in [0.15, 0.2) is 11.6 Å². The highest BCUT2D eigenvalue weighted by Gasteiger charge is 2.11. The molecule has 0 fully saturated rings. The van der Waals surface area contributed by atoms with Gasteiger partial charge in [-0.2, -0.15) is 14.9 Å². The number of hydrogen-bond acceptors (Lipinski definition) is 5. The number of aryl methyl sites for hydroxylation is 1. The number of aromatic amines is 1. The van der Waals surface area contributed by atoms with Gasteiger partial charge in [-0.1, -0.05) is 0 Å². The van der Waals surface area contributed by atoms with Crippen molar-refractivity contribution in [3.63, 3.8) is 0 Å². The molecule has 0 aliphatic rings. The summed E-state index contributed by atoms with van der Waals surface area (Å²) in [6.45, 7) is 1.38. The van der Waals surface area contributed by atoms with Gasteiger partial charge in [-0.3, -0.25) is 9.89 Å². The Morgan fingerprint density at radius 2 is 2.35 bits per heavy atom. The van der Waals surface area contributed by atoms with Crippen molar-refractivity contribution < 1.29 is 9.90 Å². The molecule has 0 aliphatic carbocycles. The molecule has 4 N–H and O–H groups in total. The summed E-state index contributed by atoms with van der Waals surface area (Å²) in [5, 5.41) is 19.6. The summed E-state index contributed by atoms with van der Waals surface area (Å²) in [7, 11) is 0. The number of nitrogens with one attached hydrogen (secondary N) is 1. The van der Waals surface area contributed by atoms with Crippen LogP contribution in [0.25, 0.3) is 5.82 Å². The zero-order chi connectivity index (χ0) is 12.4. The summed E-state index contributed by atoms with van der Waals surface area (Å²) in [5.74, 6) is 0.674. The van der Waals surface area contributed by atoms with E-state index in [9.17, 15) is 4.79 Å². The van der Waals surface area contributed by atoms with Crippen molar-refractivity contribution in [2.24, 2.45) is 0 Å². The first-order valence-corrected chi connectivity index (χ1v) is 5.09. The number of carbonyl (C=O) groups excluding carboxylic acids is 1. The zero-order valence-corrected chi connectivity index (χ0v) is 9.34. The van der Waals surface area contributed by atoms with Crippen molar-refractivity contribution in [3.8, 4) is 5.82 Å². The second-order valence-corrected chi connectivity index (χ2v) is 3.76. The highest BCUT2D eigenvalue weighted by molar-refractivity contribution is 5.81. The van der Waals surface area contributed by atoms with Gasteiger partial charge in [0, 0.05) is 17.8 Å². The number of carbonyl (C=O) groups is 1. The second kappa shape index (κ2) is 4.38. The van der Waals surface area contributed by atoms with Crippen LogP contribution in [0.15, 0.2) is 12.1 Å². The molecule has 0 saturated carbocycles. The fourth-order valence-electron chi connectivity index (χ4n) is 1.49. The third-order valence-electron chi connectivity index (χ3n) is 2.25. The summed E-state index contributed by atoms with van der Waals surface area (Å²) in [6.07, 6.45) is 0.0666. The van der Waals surface area contributed by atoms with Crippen molar-refractivity contribution in [2.75, 3.05) is 12.3 Å². The van der Waals surface area contributed by atoms with Crippen LogP contribution in [0.2, 0.25) is 0 Å². The number of nitrogen functional groups attached to an aromatic ring is 1. The number of nitrogens with zero attached hydrogens (tertiary/aromatic N) is 3. The molecule has 0 radical (unpaired) electrons. The number of rotatable bonds is 4. The van der Waals surface area contributed by atoms with Crippen molar-refractivity contribution in [1.29, 1.82) is 0 Å². The Morgan fingerprint density at radius 1 is 1.59 bits per heavy atom. The maximum absolute atomic E-state index is 11.1. The average Bonchev–Trinajstić information content (AvgIpc) is 2.85. The molecule has 7 heteroatoms. The van der Waals surface area contributed by atoms with Crippen LogP contribution in [0, 0.1) is 6.92 Å². The molecule has 2 aromatic heterocycles. The first-order chi connectivity index (χ1) is 8.10. The molecule has 2 rings (SSSR count). The lowest BCUT2D eigenvalue weighted by molar-refractivity contribution is -0.121. The first-order valence-electron chi connectivity index (χ1n) is 5.09. The Hall–Kier alpha value is -2.15. The predicted molar refractivity (Wildman–Crippen MR) is 60.7 cm³/mol. The molecule has 0 aliphatic heterocycles. The van der Waals surface area contributed by atoms with Gasteiger partial charge >= 0.3 is 0 Å². The van der Waals surface area contributed by atoms with Crippen LogP contribution >= 0.6 is 0 Å². The van der Waals surface area contributed by atoms with E-state index in [2.05, 4.69) is 15.3 Å². The molecule has 0 spiro atoms. The number of nitrogens with two attached hydrogens (primary N) is 1. The number of aromatic nitrogens is 4. The van der Waals surface area contributed by atoms with Gasteiger partial charge in [0.25, 0.3) is 0 Å². The quantitative estimate of drug-likeness (QED) is 0.667. The minimum absolute atomic E-state index is 0.0666. The molecule has 0 atom stereocenters. The summed E-state index contributed by atoms with van der Waals surface area (Å²) < 4.78 is 1.45. The predicted octanol–water partition coefficient (Wildman–Crippen LogP) is -0.410. The highest BCUT2D eigenvalue weighted by atomic mass is 16.3. The van der Waals surface area contributed by atoms with E-state index in [1.165, 1.54) is 4.68 Å². The standard InChI is InChI=1S/C10H13N5O2/c1-6-2-10(13-12-6)15-9(11)4-7(14-15)3-8(17)5-16/h2,4,16H,3,5,11H2,1H3,(H,12,13). The van der Waals surface area contributed by atoms with Gasteiger partial charge in [-0.05, 0) is 6.92 Å². The summed E-state index contributed by atoms with van der Waals surface area (Å²) >= 11 is 0. The monoisotopic (exact) mass is 235 g/mol. The van der Waals surface area contributed by atoms with Crippen LogP contribution in [-0.4, -0.2) is 37.5 Å². The van der Waals surface area contributed by atoms with Crippen LogP contribution in [0.5, 0.6) is 0 Å². The lowest BCUT2D eigenvalue weighted by Crippen LogP contribution is -2.08. The molecule has 0 saturated heterocycles. The van der Waals surface area contributed by atoms with E-state index in [1.807, 2.05) is 6.92 Å². The second-order valence-electron chi connectivity index (χ2n) is 3.76. The van der Waals surface area contributed by atoms with Gasteiger partial charge in [0.1, 0.15) is 12.4 Å². The van der Waals surface area contributed by atoms with Crippen molar-refractivity contribution in [3.05, 3.63) is 23.5 Å². The Kier molecular flexibility index (Phi) is 2.92. The van der Waals surface area contributed by atoms with Crippen LogP contribution in [-0.2, 0) is 11.2 Å². The fourth-order valence-corrected chi connectivity index (χ4v) is 1.49. The Bertz CT molecular complexity index is 543. The number of aliphatic hydroxyl groups excluding tert-OH is 1. The number of ketones is 1. The Balaban J connectivity index is 2.28. The van der Waals surface area contributed by atoms with E-state index in [0.29, 0.717) is 17.3 Å². The maximum atomic E-state index is 11.1. The van der Waals surface area contributed by atoms with Gasteiger partial charge in [-0.25, -0.2) is 0 Å². The van der Waals surface area contributed by atoms with Crippen LogP contribution < -0.4 is 5.73 Å². The van der Waals surface area contributed by atoms with E-state index >= 15 is 0 Å². The summed E-state index contributed by atoms with van der Waals surface area (Å²) in [4.78, 5) is 11.1. The van der Waals surface area contributed by atoms with Gasteiger partial charge in [-0.15, -0.1) is 0 Å². The molecule has 17 heavy (non-hydrogen) atoms. The van der Waals surface area contributed by atoms with Gasteiger partial charge in [0.05, 0.1) is 12.1 Å². The third kappa shape index (κ3) is 2.34. The zero-order valence-electron chi connectivity index (χ0n) is 9.34. The Morgan fingerprint density at radius 3 is 2.94 bits per heavy atom. The first kappa shape index (κ1) is 11.3. The SMILES string of the molecule is Cc1cc(-n2nc(CC(=O)CO)cc2N)n[nH]1. The number of Topliss-reactive ketones (excluding diaryl/α,β-unsaturated/α-hetero) is 1. The lowest BCUT2D eigenvalue weighted by atomic mass is 10.2. The number of aliphatic hydroxyl groups is 1. The molecule has 0 bridgehead atoms. The molecular formula is C10H13N5O2. The molecule has 0 amide bonds. The topological polar surface area (TPSA) is 110 Å². The van der Waals surface area contributed by atoms with Crippen LogP contribution in [0.4, 0.5) is 5.82 Å². The van der Waals surface area contributed by atoms with E-state index < -0.39 is 6.61 Å². The molecule has 0 aromatic carbocycles. The number of hydrogen-bond donors (Lipinski definition) is 3. The molecule has 2 aromatic rings. The minimum Gasteiger partial charge on any atom is -0.389 e. The van der Waals surface area contributed by atoms with Crippen molar-refractivity contribution >= 4 is 11.6 Å². The molecular weight excluding hydrogens is 222 g/mol.